The van der Waals surface area contributed by atoms with Crippen molar-refractivity contribution >= 4 is 51.4 Å². The lowest BCUT2D eigenvalue weighted by Crippen LogP contribution is -2.52. The summed E-state index contributed by atoms with van der Waals surface area (Å²) in [6.07, 6.45) is 4.61. The van der Waals surface area contributed by atoms with Crippen molar-refractivity contribution in [2.24, 2.45) is 12.0 Å². The van der Waals surface area contributed by atoms with Crippen molar-refractivity contribution in [2.75, 3.05) is 43.5 Å². The number of H-pyrrole nitrogens is 1. The van der Waals surface area contributed by atoms with Gasteiger partial charge in [0.2, 0.25) is 5.91 Å². The molecule has 1 fully saturated rings. The maximum Gasteiger partial charge on any atom is 0.289 e. The number of carbonyl (C=O) groups excluding carboxylic acids is 2. The van der Waals surface area contributed by atoms with Gasteiger partial charge in [0.05, 0.1) is 24.1 Å². The van der Waals surface area contributed by atoms with Gasteiger partial charge in [-0.15, -0.1) is 0 Å². The summed E-state index contributed by atoms with van der Waals surface area (Å²) in [6, 6.07) is 7.03. The summed E-state index contributed by atoms with van der Waals surface area (Å²) >= 11 is 6.30. The number of anilines is 2. The first-order valence-corrected chi connectivity index (χ1v) is 17.9. The molecule has 0 radical (unpaired) electrons. The third-order valence-electron chi connectivity index (χ3n) is 8.99. The average Bonchev–Trinajstić information content (AvgIpc) is 3.56. The Morgan fingerprint density at radius 1 is 1.18 bits per heavy atom. The van der Waals surface area contributed by atoms with E-state index in [-0.39, 0.29) is 78.4 Å². The Morgan fingerprint density at radius 3 is 2.50 bits per heavy atom. The van der Waals surface area contributed by atoms with Crippen molar-refractivity contribution < 1.29 is 28.2 Å². The van der Waals surface area contributed by atoms with E-state index in [4.69, 9.17) is 16.3 Å². The third-order valence-corrected chi connectivity index (χ3v) is 9.30. The van der Waals surface area contributed by atoms with E-state index in [0.29, 0.717) is 28.1 Å². The van der Waals surface area contributed by atoms with Crippen LogP contribution in [0.3, 0.4) is 0 Å². The second-order valence-electron chi connectivity index (χ2n) is 13.2. The van der Waals surface area contributed by atoms with Gasteiger partial charge in [-0.2, -0.15) is 10.2 Å². The van der Waals surface area contributed by atoms with E-state index in [0.717, 1.165) is 18.4 Å². The van der Waals surface area contributed by atoms with E-state index in [1.54, 1.807) is 48.8 Å². The number of aliphatic hydroxyl groups is 1. The summed E-state index contributed by atoms with van der Waals surface area (Å²) in [5.74, 6) is -3.93. The number of halogens is 3. The Balaban J connectivity index is 1.59. The number of aliphatic imine (C=N–C) groups is 1. The van der Waals surface area contributed by atoms with Crippen molar-refractivity contribution in [3.63, 3.8) is 0 Å². The highest BCUT2D eigenvalue weighted by Crippen LogP contribution is 2.33. The lowest BCUT2D eigenvalue weighted by molar-refractivity contribution is -0.124. The number of alkyl halides is 2. The van der Waals surface area contributed by atoms with Crippen LogP contribution in [0.25, 0.3) is 22.3 Å². The molecule has 1 saturated heterocycles. The molecule has 3 heterocycles. The summed E-state index contributed by atoms with van der Waals surface area (Å²) in [5.41, 5.74) is 1.24. The third kappa shape index (κ3) is 9.05. The summed E-state index contributed by atoms with van der Waals surface area (Å²) in [6.45, 7) is 9.78. The molecular formula is C38H43ClF2N10O5. The van der Waals surface area contributed by atoms with E-state index in [1.807, 2.05) is 6.92 Å². The first kappa shape index (κ1) is 41.1. The quantitative estimate of drug-likeness (QED) is 0.127. The van der Waals surface area contributed by atoms with Gasteiger partial charge in [0, 0.05) is 74.8 Å². The number of amides is 2. The summed E-state index contributed by atoms with van der Waals surface area (Å²) in [7, 11) is 3.28. The molecule has 56 heavy (non-hydrogen) atoms. The number of methoxy groups -OCH3 is 1. The van der Waals surface area contributed by atoms with Crippen LogP contribution in [0.1, 0.15) is 39.0 Å². The number of rotatable bonds is 11. The largest absolute Gasteiger partial charge is 0.506 e. The smallest absolute Gasteiger partial charge is 0.289 e. The summed E-state index contributed by atoms with van der Waals surface area (Å²) in [4.78, 5) is 53.2. The van der Waals surface area contributed by atoms with Gasteiger partial charge < -0.3 is 29.5 Å². The normalized spacial score (nSPS) is 13.3. The number of aromatic nitrogens is 6. The highest BCUT2D eigenvalue weighted by molar-refractivity contribution is 6.44. The Morgan fingerprint density at radius 2 is 1.89 bits per heavy atom. The number of nitrogens with zero attached hydrogens (tertiary/aromatic N) is 8. The molecule has 18 heteroatoms. The first-order chi connectivity index (χ1) is 26.6. The molecule has 2 amide bonds. The number of piperazine rings is 1. The zero-order chi connectivity index (χ0) is 40.9. The number of hydrogen-bond acceptors (Lipinski definition) is 10. The molecule has 0 unspecified atom stereocenters. The number of ether oxygens (including phenoxy) is 1. The number of allylic oxidation sites excluding steroid dienone is 1. The zero-order valence-corrected chi connectivity index (χ0v) is 32.6. The van der Waals surface area contributed by atoms with Crippen LogP contribution < -0.4 is 20.5 Å². The van der Waals surface area contributed by atoms with Crippen LogP contribution in [-0.4, -0.2) is 90.4 Å². The Hall–Kier alpha value is -6.10. The van der Waals surface area contributed by atoms with Crippen molar-refractivity contribution in [1.82, 2.24) is 34.4 Å². The molecule has 15 nitrogen and oxygen atoms in total. The number of fused-ring (bicyclic) bond motifs is 1. The van der Waals surface area contributed by atoms with Crippen LogP contribution in [0.2, 0.25) is 5.02 Å². The molecule has 0 atom stereocenters. The van der Waals surface area contributed by atoms with Crippen molar-refractivity contribution in [3.05, 3.63) is 93.6 Å². The molecule has 1 aliphatic heterocycles. The highest BCUT2D eigenvalue weighted by Gasteiger charge is 2.29. The van der Waals surface area contributed by atoms with Gasteiger partial charge in [-0.05, 0) is 50.1 Å². The maximum absolute atomic E-state index is 14.2. The fourth-order valence-corrected chi connectivity index (χ4v) is 6.42. The predicted molar refractivity (Wildman–Crippen MR) is 211 cm³/mol. The molecular weight excluding hydrogens is 750 g/mol. The van der Waals surface area contributed by atoms with Crippen LogP contribution in [0.5, 0.6) is 5.75 Å². The molecule has 3 N–H and O–H groups in total. The minimum absolute atomic E-state index is 0.0809. The van der Waals surface area contributed by atoms with E-state index < -0.39 is 23.3 Å². The number of nitrogens with one attached hydrogen (secondary N) is 2. The standard InChI is InChI=1S/C38H43ClF2N10O5/c1-8-28-33(49-12-14-50(15-13-49)37(55)32(42-9-2)34(53)22(3)4)36(54)46-45-35(23-16-24-19-48(6)47-31(24)29(17-23)56-7)43-21-51(28)20-30(52)44-27-11-10-25(18-26(27)39)38(5,40)41/h9-11,16-19,21,53H,2,8,12-15,20H2,1,3-7H3,(H,44,52)(H,46,54). The lowest BCUT2D eigenvalue weighted by Gasteiger charge is -2.36. The van der Waals surface area contributed by atoms with Crippen molar-refractivity contribution in [1.29, 1.82) is 0 Å². The Kier molecular flexibility index (Phi) is 12.6. The molecule has 0 bridgehead atoms. The maximum atomic E-state index is 14.2. The predicted octanol–water partition coefficient (Wildman–Crippen LogP) is 5.70. The van der Waals surface area contributed by atoms with Crippen LogP contribution in [0, 0.1) is 0 Å². The van der Waals surface area contributed by atoms with Crippen LogP contribution >= 0.6 is 11.6 Å². The number of hydrogen-bond donors (Lipinski definition) is 3. The van der Waals surface area contributed by atoms with Crippen molar-refractivity contribution in [3.8, 4) is 17.1 Å². The van der Waals surface area contributed by atoms with Gasteiger partial charge in [0.1, 0.15) is 29.3 Å². The molecule has 296 valence electrons. The van der Waals surface area contributed by atoms with Crippen LogP contribution in [-0.2, 0) is 35.5 Å². The van der Waals surface area contributed by atoms with Gasteiger partial charge >= 0.3 is 0 Å². The second-order valence-corrected chi connectivity index (χ2v) is 13.6. The van der Waals surface area contributed by atoms with Crippen LogP contribution in [0.4, 0.5) is 20.2 Å². The number of benzene rings is 2. The van der Waals surface area contributed by atoms with E-state index in [2.05, 4.69) is 37.2 Å². The zero-order valence-electron chi connectivity index (χ0n) is 31.9. The fraction of sp³-hybridized carbons (Fsp3) is 0.342. The molecule has 1 aliphatic rings. The molecule has 0 aliphatic carbocycles. The second kappa shape index (κ2) is 17.1. The van der Waals surface area contributed by atoms with E-state index in [1.165, 1.54) is 41.2 Å². The number of aryl methyl sites for hydroxylation is 1. The number of aliphatic hydroxyl groups excluding tert-OH is 1. The number of aromatic amines is 1. The monoisotopic (exact) mass is 792 g/mol. The average molecular weight is 793 g/mol. The minimum atomic E-state index is -3.14. The van der Waals surface area contributed by atoms with E-state index in [9.17, 15) is 28.3 Å². The van der Waals surface area contributed by atoms with Gasteiger partial charge in [-0.3, -0.25) is 19.1 Å². The summed E-state index contributed by atoms with van der Waals surface area (Å²) < 4.78 is 36.6. The highest BCUT2D eigenvalue weighted by atomic mass is 35.5. The van der Waals surface area contributed by atoms with Crippen molar-refractivity contribution in [2.45, 2.75) is 46.6 Å². The molecule has 5 rings (SSSR count). The Bertz CT molecular complexity index is 2350. The van der Waals surface area contributed by atoms with Gasteiger partial charge in [-0.25, -0.2) is 23.9 Å². The van der Waals surface area contributed by atoms with Gasteiger partial charge in [0.25, 0.3) is 17.4 Å². The van der Waals surface area contributed by atoms with Gasteiger partial charge in [0.15, 0.2) is 11.5 Å². The number of carbonyl (C=O) groups is 2. The van der Waals surface area contributed by atoms with E-state index >= 15 is 0 Å². The minimum Gasteiger partial charge on any atom is -0.506 e. The van der Waals surface area contributed by atoms with Crippen LogP contribution in [0.15, 0.2) is 76.8 Å². The topological polar surface area (TPSA) is 176 Å². The molecule has 4 aromatic rings. The molecule has 2 aromatic heterocycles. The fourth-order valence-electron chi connectivity index (χ4n) is 6.19. The molecule has 0 spiro atoms. The molecule has 2 aromatic carbocycles. The molecule has 0 saturated carbocycles. The SMILES string of the molecule is C=CN=C(C(=O)N1CCN(c2c(CC)n(CC(=O)Nc3ccc(C(C)(F)F)cc3Cl)cnc(-c3cc(OC)c4nn(C)cc4c3)n[nH]c2=O)CC1)C(O)=C(C)C. The first-order valence-electron chi connectivity index (χ1n) is 17.6. The Labute approximate surface area is 326 Å². The summed E-state index contributed by atoms with van der Waals surface area (Å²) in [5, 5.41) is 25.4. The van der Waals surface area contributed by atoms with Gasteiger partial charge in [-0.1, -0.05) is 31.2 Å². The lowest BCUT2D eigenvalue weighted by atomic mass is 10.1.